The smallest absolute Gasteiger partial charge is 0.267 e. The van der Waals surface area contributed by atoms with E-state index in [2.05, 4.69) is 4.43 Å². The molecule has 0 heterocycles. The summed E-state index contributed by atoms with van der Waals surface area (Å²) in [4.78, 5) is 0. The minimum Gasteiger partial charge on any atom is -0.381 e. The first-order valence-electron chi connectivity index (χ1n) is 5.78. The highest BCUT2D eigenvalue weighted by molar-refractivity contribution is 5.98. The number of unbranched alkanes of at least 4 members (excludes halogenated alkanes) is 2. The van der Waals surface area contributed by atoms with Gasteiger partial charge in [-0.25, -0.2) is 4.39 Å². The Bertz CT molecular complexity index is 344. The molecule has 1 aromatic carbocycles. The third-order valence-electron chi connectivity index (χ3n) is 2.68. The van der Waals surface area contributed by atoms with Crippen LogP contribution in [0.25, 0.3) is 0 Å². The SMILES string of the molecule is OC(O)(CCCCCc1cccc(F)c1)O[SiH3]. The van der Waals surface area contributed by atoms with Gasteiger partial charge in [0.1, 0.15) is 5.82 Å². The van der Waals surface area contributed by atoms with E-state index in [9.17, 15) is 14.6 Å². The summed E-state index contributed by atoms with van der Waals surface area (Å²) in [5, 5.41) is 18.4. The Labute approximate surface area is 104 Å². The number of hydrogen-bond donors (Lipinski definition) is 2. The van der Waals surface area contributed by atoms with E-state index in [-0.39, 0.29) is 12.2 Å². The van der Waals surface area contributed by atoms with Crippen molar-refractivity contribution in [2.24, 2.45) is 0 Å². The van der Waals surface area contributed by atoms with E-state index in [4.69, 9.17) is 0 Å². The molecule has 0 saturated carbocycles. The summed E-state index contributed by atoms with van der Waals surface area (Å²) in [5.74, 6) is -2.16. The van der Waals surface area contributed by atoms with Crippen molar-refractivity contribution in [2.45, 2.75) is 38.1 Å². The zero-order valence-electron chi connectivity index (χ0n) is 10.0. The second-order valence-electron chi connectivity index (χ2n) is 4.14. The first-order valence-corrected chi connectivity index (χ1v) is 6.59. The van der Waals surface area contributed by atoms with Crippen LogP contribution in [0.5, 0.6) is 0 Å². The normalized spacial score (nSPS) is 11.9. The fourth-order valence-corrected chi connectivity index (χ4v) is 1.86. The van der Waals surface area contributed by atoms with Crippen molar-refractivity contribution in [3.05, 3.63) is 35.6 Å². The van der Waals surface area contributed by atoms with E-state index in [0.29, 0.717) is 16.9 Å². The molecule has 17 heavy (non-hydrogen) atoms. The van der Waals surface area contributed by atoms with Gasteiger partial charge in [0, 0.05) is 6.42 Å². The summed E-state index contributed by atoms with van der Waals surface area (Å²) in [6.07, 6.45) is 3.48. The first kappa shape index (κ1) is 14.3. The summed E-state index contributed by atoms with van der Waals surface area (Å²) in [5.41, 5.74) is 0.975. The standard InChI is InChI=1S/C12H19FO3Si/c13-11-7-4-6-10(9-11)5-2-1-3-8-12(14,15)16-17/h4,6-7,9,14-15H,1-3,5,8H2,17H3. The van der Waals surface area contributed by atoms with Crippen molar-refractivity contribution in [1.29, 1.82) is 0 Å². The van der Waals surface area contributed by atoms with Crippen LogP contribution in [0.4, 0.5) is 4.39 Å². The summed E-state index contributed by atoms with van der Waals surface area (Å²) < 4.78 is 17.5. The van der Waals surface area contributed by atoms with Gasteiger partial charge in [-0.3, -0.25) is 0 Å². The number of rotatable bonds is 7. The number of aryl methyl sites for hydroxylation is 1. The molecule has 0 amide bonds. The Kier molecular flexibility index (Phi) is 5.77. The van der Waals surface area contributed by atoms with Crippen molar-refractivity contribution >= 4 is 10.5 Å². The average molecular weight is 258 g/mol. The Hall–Kier alpha value is -0.753. The van der Waals surface area contributed by atoms with Crippen molar-refractivity contribution in [2.75, 3.05) is 0 Å². The molecule has 0 radical (unpaired) electrons. The lowest BCUT2D eigenvalue weighted by atomic mass is 10.1. The van der Waals surface area contributed by atoms with Gasteiger partial charge >= 0.3 is 0 Å². The molecule has 0 saturated heterocycles. The molecule has 0 atom stereocenters. The molecule has 0 aliphatic carbocycles. The molecule has 0 fully saturated rings. The maximum Gasteiger partial charge on any atom is 0.267 e. The highest BCUT2D eigenvalue weighted by Crippen LogP contribution is 2.14. The largest absolute Gasteiger partial charge is 0.381 e. The Balaban J connectivity index is 2.17. The molecule has 0 aliphatic rings. The minimum atomic E-state index is -1.95. The van der Waals surface area contributed by atoms with Crippen LogP contribution in [-0.2, 0) is 10.8 Å². The Morgan fingerprint density at radius 3 is 2.65 bits per heavy atom. The summed E-state index contributed by atoms with van der Waals surface area (Å²) >= 11 is 0. The molecule has 3 nitrogen and oxygen atoms in total. The molecule has 2 N–H and O–H groups in total. The van der Waals surface area contributed by atoms with Crippen LogP contribution < -0.4 is 0 Å². The summed E-state index contributed by atoms with van der Waals surface area (Å²) in [6.45, 7) is 0. The van der Waals surface area contributed by atoms with Gasteiger partial charge in [-0.2, -0.15) is 0 Å². The molecular formula is C12H19FO3Si. The van der Waals surface area contributed by atoms with Gasteiger partial charge in [-0.15, -0.1) is 0 Å². The zero-order valence-corrected chi connectivity index (χ0v) is 12.0. The minimum absolute atomic E-state index is 0.212. The zero-order chi connectivity index (χ0) is 12.7. The van der Waals surface area contributed by atoms with Crippen molar-refractivity contribution in [1.82, 2.24) is 0 Å². The van der Waals surface area contributed by atoms with E-state index in [1.54, 1.807) is 6.07 Å². The second-order valence-corrected chi connectivity index (χ2v) is 4.55. The van der Waals surface area contributed by atoms with Crippen LogP contribution >= 0.6 is 0 Å². The quantitative estimate of drug-likeness (QED) is 0.433. The van der Waals surface area contributed by atoms with Crippen molar-refractivity contribution in [3.63, 3.8) is 0 Å². The Morgan fingerprint density at radius 2 is 2.00 bits per heavy atom. The maximum atomic E-state index is 12.9. The van der Waals surface area contributed by atoms with Crippen LogP contribution in [-0.4, -0.2) is 26.7 Å². The number of benzene rings is 1. The topological polar surface area (TPSA) is 49.7 Å². The van der Waals surface area contributed by atoms with Crippen LogP contribution in [0.3, 0.4) is 0 Å². The predicted molar refractivity (Wildman–Crippen MR) is 66.8 cm³/mol. The number of hydrogen-bond acceptors (Lipinski definition) is 3. The van der Waals surface area contributed by atoms with Crippen LogP contribution in [0.2, 0.25) is 0 Å². The van der Waals surface area contributed by atoms with Gasteiger partial charge in [0.25, 0.3) is 5.97 Å². The van der Waals surface area contributed by atoms with E-state index >= 15 is 0 Å². The predicted octanol–water partition coefficient (Wildman–Crippen LogP) is 0.864. The van der Waals surface area contributed by atoms with Gasteiger partial charge in [0.15, 0.2) is 10.5 Å². The fourth-order valence-electron chi connectivity index (χ4n) is 1.66. The van der Waals surface area contributed by atoms with Crippen molar-refractivity contribution in [3.8, 4) is 0 Å². The third kappa shape index (κ3) is 5.93. The van der Waals surface area contributed by atoms with Crippen LogP contribution in [0, 0.1) is 5.82 Å². The third-order valence-corrected chi connectivity index (χ3v) is 3.34. The fraction of sp³-hybridized carbons (Fsp3) is 0.500. The lowest BCUT2D eigenvalue weighted by molar-refractivity contribution is -0.295. The molecule has 0 spiro atoms. The lowest BCUT2D eigenvalue weighted by Gasteiger charge is -2.19. The molecule has 1 rings (SSSR count). The molecule has 0 bridgehead atoms. The highest BCUT2D eigenvalue weighted by atomic mass is 28.2. The molecule has 0 aliphatic heterocycles. The van der Waals surface area contributed by atoms with E-state index < -0.39 is 5.97 Å². The lowest BCUT2D eigenvalue weighted by Crippen LogP contribution is -2.30. The van der Waals surface area contributed by atoms with Gasteiger partial charge < -0.3 is 14.6 Å². The molecule has 0 unspecified atom stereocenters. The summed E-state index contributed by atoms with van der Waals surface area (Å²) in [6, 6.07) is 6.56. The van der Waals surface area contributed by atoms with Crippen LogP contribution in [0.1, 0.15) is 31.2 Å². The Morgan fingerprint density at radius 1 is 1.24 bits per heavy atom. The monoisotopic (exact) mass is 258 g/mol. The molecule has 5 heteroatoms. The van der Waals surface area contributed by atoms with Gasteiger partial charge in [-0.05, 0) is 37.0 Å². The van der Waals surface area contributed by atoms with E-state index in [1.807, 2.05) is 6.07 Å². The van der Waals surface area contributed by atoms with Crippen molar-refractivity contribution < 1.29 is 19.0 Å². The highest BCUT2D eigenvalue weighted by Gasteiger charge is 2.19. The number of halogens is 1. The van der Waals surface area contributed by atoms with E-state index in [0.717, 1.165) is 24.8 Å². The van der Waals surface area contributed by atoms with Crippen LogP contribution in [0.15, 0.2) is 24.3 Å². The van der Waals surface area contributed by atoms with Gasteiger partial charge in [0.05, 0.1) is 0 Å². The van der Waals surface area contributed by atoms with E-state index in [1.165, 1.54) is 12.1 Å². The maximum absolute atomic E-state index is 12.9. The second kappa shape index (κ2) is 6.86. The molecule has 0 aromatic heterocycles. The van der Waals surface area contributed by atoms with Gasteiger partial charge in [-0.1, -0.05) is 18.6 Å². The first-order chi connectivity index (χ1) is 8.03. The molecular weight excluding hydrogens is 239 g/mol. The number of aliphatic hydroxyl groups is 2. The van der Waals surface area contributed by atoms with Gasteiger partial charge in [0.2, 0.25) is 0 Å². The molecule has 1 aromatic rings. The summed E-state index contributed by atoms with van der Waals surface area (Å²) in [7, 11) is 0.304. The average Bonchev–Trinajstić information content (AvgIpc) is 2.29. The molecule has 96 valence electrons.